The number of nitrogens with one attached hydrogen (secondary N) is 1. The van der Waals surface area contributed by atoms with E-state index < -0.39 is 17.8 Å². The largest absolute Gasteiger partial charge is 0.416 e. The highest BCUT2D eigenvalue weighted by Gasteiger charge is 2.35. The van der Waals surface area contributed by atoms with Crippen LogP contribution in [0.2, 0.25) is 0 Å². The highest BCUT2D eigenvalue weighted by atomic mass is 19.4. The molecule has 2 rings (SSSR count). The van der Waals surface area contributed by atoms with Gasteiger partial charge in [-0.1, -0.05) is 18.2 Å². The van der Waals surface area contributed by atoms with Crippen LogP contribution in [-0.2, 0) is 6.18 Å². The molecular formula is C11H10F3N3O. The maximum atomic E-state index is 12.8. The van der Waals surface area contributed by atoms with E-state index in [2.05, 4.69) is 10.2 Å². The van der Waals surface area contributed by atoms with Gasteiger partial charge in [-0.3, -0.25) is 5.10 Å². The van der Waals surface area contributed by atoms with Crippen LogP contribution in [0, 0.1) is 0 Å². The number of aliphatic hydroxyl groups excluding tert-OH is 1. The zero-order chi connectivity index (χ0) is 13.3. The summed E-state index contributed by atoms with van der Waals surface area (Å²) in [7, 11) is 0. The molecule has 7 heteroatoms. The van der Waals surface area contributed by atoms with E-state index >= 15 is 0 Å². The Labute approximate surface area is 100 Å². The van der Waals surface area contributed by atoms with Crippen molar-refractivity contribution in [2.24, 2.45) is 0 Å². The minimum Gasteiger partial charge on any atom is -0.384 e. The molecule has 0 amide bonds. The molecule has 4 nitrogen and oxygen atoms in total. The number of aromatic nitrogens is 2. The SMILES string of the molecule is Nc1[nH]ncc1C(O)c1ccccc1C(F)(F)F. The lowest BCUT2D eigenvalue weighted by atomic mass is 9.98. The number of hydrogen-bond acceptors (Lipinski definition) is 3. The predicted octanol–water partition coefficient (Wildman–Crippen LogP) is 2.09. The first-order valence-electron chi connectivity index (χ1n) is 5.04. The van der Waals surface area contributed by atoms with Crippen LogP contribution in [-0.4, -0.2) is 15.3 Å². The number of nitrogen functional groups attached to an aromatic ring is 1. The number of aliphatic hydroxyl groups is 1. The van der Waals surface area contributed by atoms with Crippen molar-refractivity contribution in [1.29, 1.82) is 0 Å². The minimum absolute atomic E-state index is 0.0412. The van der Waals surface area contributed by atoms with Crippen molar-refractivity contribution in [2.45, 2.75) is 12.3 Å². The number of hydrogen-bond donors (Lipinski definition) is 3. The minimum atomic E-state index is -4.53. The molecule has 1 unspecified atom stereocenters. The Morgan fingerprint density at radius 2 is 1.89 bits per heavy atom. The number of alkyl halides is 3. The molecule has 1 aromatic heterocycles. The van der Waals surface area contributed by atoms with Crippen LogP contribution in [0.3, 0.4) is 0 Å². The van der Waals surface area contributed by atoms with E-state index in [1.165, 1.54) is 24.4 Å². The number of aromatic amines is 1. The van der Waals surface area contributed by atoms with Crippen LogP contribution < -0.4 is 5.73 Å². The zero-order valence-corrected chi connectivity index (χ0v) is 9.07. The van der Waals surface area contributed by atoms with Gasteiger partial charge in [0.25, 0.3) is 0 Å². The smallest absolute Gasteiger partial charge is 0.384 e. The standard InChI is InChI=1S/C11H10F3N3O/c12-11(13,14)8-4-2-1-3-6(8)9(18)7-5-16-17-10(7)15/h1-5,9,18H,(H3,15,16,17). The van der Waals surface area contributed by atoms with Crippen LogP contribution in [0.5, 0.6) is 0 Å². The van der Waals surface area contributed by atoms with Crippen molar-refractivity contribution in [2.75, 3.05) is 5.73 Å². The highest BCUT2D eigenvalue weighted by molar-refractivity contribution is 5.45. The first kappa shape index (κ1) is 12.4. The molecule has 0 radical (unpaired) electrons. The maximum Gasteiger partial charge on any atom is 0.416 e. The second kappa shape index (κ2) is 4.34. The molecule has 0 saturated heterocycles. The molecule has 4 N–H and O–H groups in total. The second-order valence-corrected chi connectivity index (χ2v) is 3.73. The van der Waals surface area contributed by atoms with Crippen molar-refractivity contribution in [3.8, 4) is 0 Å². The normalized spacial score (nSPS) is 13.6. The van der Waals surface area contributed by atoms with Crippen molar-refractivity contribution < 1.29 is 18.3 Å². The average molecular weight is 257 g/mol. The van der Waals surface area contributed by atoms with E-state index in [1.807, 2.05) is 0 Å². The van der Waals surface area contributed by atoms with Crippen molar-refractivity contribution >= 4 is 5.82 Å². The Balaban J connectivity index is 2.49. The number of benzene rings is 1. The van der Waals surface area contributed by atoms with Gasteiger partial charge in [0.15, 0.2) is 0 Å². The number of halogens is 3. The summed E-state index contributed by atoms with van der Waals surface area (Å²) in [4.78, 5) is 0. The lowest BCUT2D eigenvalue weighted by molar-refractivity contribution is -0.139. The Bertz CT molecular complexity index is 550. The van der Waals surface area contributed by atoms with Crippen LogP contribution in [0.15, 0.2) is 30.5 Å². The fourth-order valence-electron chi connectivity index (χ4n) is 1.68. The first-order valence-corrected chi connectivity index (χ1v) is 5.04. The molecule has 2 aromatic rings. The summed E-state index contributed by atoms with van der Waals surface area (Å²) in [6, 6.07) is 4.80. The Hall–Kier alpha value is -2.02. The third-order valence-corrected chi connectivity index (χ3v) is 2.56. The van der Waals surface area contributed by atoms with Gasteiger partial charge in [-0.2, -0.15) is 18.3 Å². The molecule has 1 heterocycles. The van der Waals surface area contributed by atoms with E-state index in [0.29, 0.717) is 0 Å². The second-order valence-electron chi connectivity index (χ2n) is 3.73. The molecule has 0 fully saturated rings. The lowest BCUT2D eigenvalue weighted by Crippen LogP contribution is -2.13. The summed E-state index contributed by atoms with van der Waals surface area (Å²) >= 11 is 0. The summed E-state index contributed by atoms with van der Waals surface area (Å²) in [5, 5.41) is 15.9. The van der Waals surface area contributed by atoms with E-state index in [4.69, 9.17) is 5.73 Å². The maximum absolute atomic E-state index is 12.8. The number of nitrogens with zero attached hydrogens (tertiary/aromatic N) is 1. The lowest BCUT2D eigenvalue weighted by Gasteiger charge is -2.16. The van der Waals surface area contributed by atoms with Gasteiger partial charge in [-0.15, -0.1) is 0 Å². The summed E-state index contributed by atoms with van der Waals surface area (Å²) in [6.07, 6.45) is -4.80. The first-order chi connectivity index (χ1) is 8.41. The quantitative estimate of drug-likeness (QED) is 0.771. The molecule has 0 aliphatic heterocycles. The summed E-state index contributed by atoms with van der Waals surface area (Å²) in [5.74, 6) is 0.0412. The van der Waals surface area contributed by atoms with Gasteiger partial charge in [0.05, 0.1) is 11.8 Å². The van der Waals surface area contributed by atoms with Gasteiger partial charge in [0, 0.05) is 5.56 Å². The van der Waals surface area contributed by atoms with Gasteiger partial charge in [-0.05, 0) is 11.6 Å². The van der Waals surface area contributed by atoms with Crippen LogP contribution in [0.1, 0.15) is 22.8 Å². The molecule has 96 valence electrons. The van der Waals surface area contributed by atoms with E-state index in [-0.39, 0.29) is 16.9 Å². The van der Waals surface area contributed by atoms with Crippen molar-refractivity contribution in [3.63, 3.8) is 0 Å². The van der Waals surface area contributed by atoms with Gasteiger partial charge in [0.2, 0.25) is 0 Å². The summed E-state index contributed by atoms with van der Waals surface area (Å²) in [6.45, 7) is 0. The van der Waals surface area contributed by atoms with Gasteiger partial charge < -0.3 is 10.8 Å². The zero-order valence-electron chi connectivity index (χ0n) is 9.07. The van der Waals surface area contributed by atoms with E-state index in [1.54, 1.807) is 0 Å². The summed E-state index contributed by atoms with van der Waals surface area (Å²) < 4.78 is 38.4. The van der Waals surface area contributed by atoms with Crippen LogP contribution in [0.25, 0.3) is 0 Å². The Morgan fingerprint density at radius 3 is 2.44 bits per heavy atom. The number of anilines is 1. The monoisotopic (exact) mass is 257 g/mol. The van der Waals surface area contributed by atoms with E-state index in [0.717, 1.165) is 6.07 Å². The van der Waals surface area contributed by atoms with Gasteiger partial charge in [0.1, 0.15) is 11.9 Å². The van der Waals surface area contributed by atoms with Gasteiger partial charge in [-0.25, -0.2) is 0 Å². The molecule has 18 heavy (non-hydrogen) atoms. The molecule has 0 spiro atoms. The summed E-state index contributed by atoms with van der Waals surface area (Å²) in [5.41, 5.74) is 4.45. The molecule has 0 aliphatic carbocycles. The number of rotatable bonds is 2. The molecule has 0 aliphatic rings. The van der Waals surface area contributed by atoms with E-state index in [9.17, 15) is 18.3 Å². The molecule has 1 atom stereocenters. The number of H-pyrrole nitrogens is 1. The Morgan fingerprint density at radius 1 is 1.22 bits per heavy atom. The fraction of sp³-hybridized carbons (Fsp3) is 0.182. The molecular weight excluding hydrogens is 247 g/mol. The van der Waals surface area contributed by atoms with Crippen LogP contribution in [0.4, 0.5) is 19.0 Å². The average Bonchev–Trinajstić information content (AvgIpc) is 2.73. The molecule has 1 aromatic carbocycles. The van der Waals surface area contributed by atoms with Crippen molar-refractivity contribution in [1.82, 2.24) is 10.2 Å². The third kappa shape index (κ3) is 2.17. The number of nitrogens with two attached hydrogens (primary N) is 1. The Kier molecular flexibility index (Phi) is 3.00. The fourth-order valence-corrected chi connectivity index (χ4v) is 1.68. The third-order valence-electron chi connectivity index (χ3n) is 2.56. The van der Waals surface area contributed by atoms with Gasteiger partial charge >= 0.3 is 6.18 Å². The molecule has 0 saturated carbocycles. The molecule has 0 bridgehead atoms. The van der Waals surface area contributed by atoms with Crippen LogP contribution >= 0.6 is 0 Å². The highest BCUT2D eigenvalue weighted by Crippen LogP contribution is 2.37. The predicted molar refractivity (Wildman–Crippen MR) is 58.5 cm³/mol. The topological polar surface area (TPSA) is 74.9 Å². The van der Waals surface area contributed by atoms with Crippen molar-refractivity contribution in [3.05, 3.63) is 47.2 Å².